The number of carbonyl (C=O) groups is 1. The Bertz CT molecular complexity index is 424. The van der Waals surface area contributed by atoms with Crippen LogP contribution < -0.4 is 10.6 Å². The van der Waals surface area contributed by atoms with Crippen LogP contribution in [0.2, 0.25) is 0 Å². The molecule has 16 heavy (non-hydrogen) atoms. The molecule has 0 bridgehead atoms. The molecule has 3 nitrogen and oxygen atoms in total. The van der Waals surface area contributed by atoms with Gasteiger partial charge in [0.25, 0.3) is 5.91 Å². The third kappa shape index (κ3) is 2.42. The first-order valence-corrected chi connectivity index (χ1v) is 5.57. The van der Waals surface area contributed by atoms with Gasteiger partial charge in [0.2, 0.25) is 0 Å². The highest BCUT2D eigenvalue weighted by Gasteiger charge is 2.12. The summed E-state index contributed by atoms with van der Waals surface area (Å²) in [5.74, 6) is 0.00139. The summed E-state index contributed by atoms with van der Waals surface area (Å²) in [6.07, 6.45) is 3.69. The summed E-state index contributed by atoms with van der Waals surface area (Å²) in [5, 5.41) is 6.03. The fraction of sp³-hybridized carbons (Fsp3) is 0.308. The van der Waals surface area contributed by atoms with Crippen LogP contribution >= 0.6 is 0 Å². The quantitative estimate of drug-likeness (QED) is 0.795. The number of para-hydroxylation sites is 1. The summed E-state index contributed by atoms with van der Waals surface area (Å²) in [6.45, 7) is 2.95. The maximum atomic E-state index is 11.9. The highest BCUT2D eigenvalue weighted by molar-refractivity contribution is 6.04. The van der Waals surface area contributed by atoms with Gasteiger partial charge in [-0.05, 0) is 31.4 Å². The van der Waals surface area contributed by atoms with Gasteiger partial charge in [0.1, 0.15) is 0 Å². The van der Waals surface area contributed by atoms with E-state index in [9.17, 15) is 4.79 Å². The van der Waals surface area contributed by atoms with Crippen LogP contribution in [0, 0.1) is 6.92 Å². The molecule has 0 spiro atoms. The summed E-state index contributed by atoms with van der Waals surface area (Å²) in [7, 11) is 0. The zero-order valence-corrected chi connectivity index (χ0v) is 9.42. The fourth-order valence-corrected chi connectivity index (χ4v) is 1.74. The van der Waals surface area contributed by atoms with Gasteiger partial charge in [-0.2, -0.15) is 0 Å². The van der Waals surface area contributed by atoms with Gasteiger partial charge in [-0.25, -0.2) is 0 Å². The average molecular weight is 216 g/mol. The first-order chi connectivity index (χ1) is 7.77. The first-order valence-electron chi connectivity index (χ1n) is 5.57. The molecule has 3 heteroatoms. The minimum absolute atomic E-state index is 0.00139. The van der Waals surface area contributed by atoms with Crippen LogP contribution in [0.3, 0.4) is 0 Å². The molecule has 1 aliphatic rings. The van der Waals surface area contributed by atoms with Crippen LogP contribution in [0.5, 0.6) is 0 Å². The van der Waals surface area contributed by atoms with E-state index in [4.69, 9.17) is 0 Å². The third-order valence-corrected chi connectivity index (χ3v) is 2.73. The first kappa shape index (κ1) is 10.7. The van der Waals surface area contributed by atoms with Gasteiger partial charge in [0.05, 0.1) is 0 Å². The van der Waals surface area contributed by atoms with Gasteiger partial charge in [-0.15, -0.1) is 0 Å². The highest BCUT2D eigenvalue weighted by Crippen LogP contribution is 2.16. The number of anilines is 1. The Kier molecular flexibility index (Phi) is 3.25. The van der Waals surface area contributed by atoms with Gasteiger partial charge in [-0.3, -0.25) is 4.79 Å². The smallest absolute Gasteiger partial charge is 0.253 e. The molecule has 0 fully saturated rings. The monoisotopic (exact) mass is 216 g/mol. The van der Waals surface area contributed by atoms with Gasteiger partial charge >= 0.3 is 0 Å². The van der Waals surface area contributed by atoms with Crippen molar-refractivity contribution >= 4 is 11.6 Å². The molecule has 0 aromatic heterocycles. The minimum atomic E-state index is 0.00139. The lowest BCUT2D eigenvalue weighted by atomic mass is 10.1. The second-order valence-electron chi connectivity index (χ2n) is 4.00. The van der Waals surface area contributed by atoms with Crippen LogP contribution in [-0.2, 0) is 4.79 Å². The maximum Gasteiger partial charge on any atom is 0.253 e. The highest BCUT2D eigenvalue weighted by atomic mass is 16.1. The molecule has 0 aliphatic carbocycles. The number of rotatable bonds is 2. The lowest BCUT2D eigenvalue weighted by Gasteiger charge is -2.14. The Morgan fingerprint density at radius 2 is 2.19 bits per heavy atom. The van der Waals surface area contributed by atoms with E-state index in [1.54, 1.807) is 0 Å². The predicted molar refractivity (Wildman–Crippen MR) is 65.1 cm³/mol. The molecule has 1 aliphatic heterocycles. The number of benzene rings is 1. The van der Waals surface area contributed by atoms with Gasteiger partial charge in [-0.1, -0.05) is 18.2 Å². The van der Waals surface area contributed by atoms with Crippen molar-refractivity contribution in [3.63, 3.8) is 0 Å². The predicted octanol–water partition coefficient (Wildman–Crippen LogP) is 2.20. The lowest BCUT2D eigenvalue weighted by molar-refractivity contribution is -0.113. The standard InChI is InChI=1S/C13H16N2O/c1-10-5-2-3-7-12(10)15-13(16)11-6-4-8-14-9-11/h2-3,5,7,9,14H,4,6,8H2,1H3,(H,15,16). The van der Waals surface area contributed by atoms with Crippen LogP contribution in [0.1, 0.15) is 18.4 Å². The van der Waals surface area contributed by atoms with E-state index in [0.29, 0.717) is 0 Å². The van der Waals surface area contributed by atoms with E-state index in [-0.39, 0.29) is 5.91 Å². The SMILES string of the molecule is Cc1ccccc1NC(=O)C1=CNCCC1. The Morgan fingerprint density at radius 3 is 2.88 bits per heavy atom. The largest absolute Gasteiger partial charge is 0.391 e. The second-order valence-corrected chi connectivity index (χ2v) is 4.00. The average Bonchev–Trinajstić information content (AvgIpc) is 2.33. The minimum Gasteiger partial charge on any atom is -0.391 e. The molecule has 0 saturated carbocycles. The zero-order chi connectivity index (χ0) is 11.4. The fourth-order valence-electron chi connectivity index (χ4n) is 1.74. The maximum absolute atomic E-state index is 11.9. The number of nitrogens with one attached hydrogen (secondary N) is 2. The number of hydrogen-bond donors (Lipinski definition) is 2. The number of amides is 1. The second kappa shape index (κ2) is 4.84. The Morgan fingerprint density at radius 1 is 1.38 bits per heavy atom. The Balaban J connectivity index is 2.07. The summed E-state index contributed by atoms with van der Waals surface area (Å²) >= 11 is 0. The lowest BCUT2D eigenvalue weighted by Crippen LogP contribution is -2.22. The van der Waals surface area contributed by atoms with Crippen LogP contribution in [0.25, 0.3) is 0 Å². The van der Waals surface area contributed by atoms with Gasteiger partial charge in [0, 0.05) is 24.0 Å². The van der Waals surface area contributed by atoms with Crippen LogP contribution in [0.15, 0.2) is 36.0 Å². The van der Waals surface area contributed by atoms with Crippen molar-refractivity contribution in [2.45, 2.75) is 19.8 Å². The summed E-state index contributed by atoms with van der Waals surface area (Å²) < 4.78 is 0. The Labute approximate surface area is 95.6 Å². The van der Waals surface area contributed by atoms with Crippen molar-refractivity contribution in [1.29, 1.82) is 0 Å². The van der Waals surface area contributed by atoms with Crippen molar-refractivity contribution in [3.8, 4) is 0 Å². The molecule has 2 N–H and O–H groups in total. The van der Waals surface area contributed by atoms with Crippen LogP contribution in [-0.4, -0.2) is 12.5 Å². The van der Waals surface area contributed by atoms with E-state index in [2.05, 4.69) is 10.6 Å². The molecule has 0 saturated heterocycles. The molecule has 0 radical (unpaired) electrons. The zero-order valence-electron chi connectivity index (χ0n) is 9.42. The molecule has 1 heterocycles. The van der Waals surface area contributed by atoms with Crippen molar-refractivity contribution in [2.24, 2.45) is 0 Å². The molecular formula is C13H16N2O. The Hall–Kier alpha value is -1.77. The molecule has 1 aromatic carbocycles. The van der Waals surface area contributed by atoms with E-state index in [1.807, 2.05) is 37.4 Å². The van der Waals surface area contributed by atoms with Crippen molar-refractivity contribution < 1.29 is 4.79 Å². The number of hydrogen-bond acceptors (Lipinski definition) is 2. The van der Waals surface area contributed by atoms with Crippen LogP contribution in [0.4, 0.5) is 5.69 Å². The molecule has 1 aromatic rings. The number of carbonyl (C=O) groups excluding carboxylic acids is 1. The summed E-state index contributed by atoms with van der Waals surface area (Å²) in [6, 6.07) is 7.80. The molecular weight excluding hydrogens is 200 g/mol. The molecule has 0 atom stereocenters. The van der Waals surface area contributed by atoms with Crippen molar-refractivity contribution in [1.82, 2.24) is 5.32 Å². The van der Waals surface area contributed by atoms with E-state index in [0.717, 1.165) is 36.2 Å². The summed E-state index contributed by atoms with van der Waals surface area (Å²) in [5.41, 5.74) is 2.80. The molecule has 0 unspecified atom stereocenters. The van der Waals surface area contributed by atoms with E-state index >= 15 is 0 Å². The number of aryl methyl sites for hydroxylation is 1. The van der Waals surface area contributed by atoms with Crippen molar-refractivity contribution in [2.75, 3.05) is 11.9 Å². The topological polar surface area (TPSA) is 41.1 Å². The molecule has 84 valence electrons. The third-order valence-electron chi connectivity index (χ3n) is 2.73. The normalized spacial score (nSPS) is 14.9. The van der Waals surface area contributed by atoms with E-state index in [1.165, 1.54) is 0 Å². The van der Waals surface area contributed by atoms with Crippen molar-refractivity contribution in [3.05, 3.63) is 41.6 Å². The summed E-state index contributed by atoms with van der Waals surface area (Å²) in [4.78, 5) is 11.9. The van der Waals surface area contributed by atoms with E-state index < -0.39 is 0 Å². The molecule has 1 amide bonds. The van der Waals surface area contributed by atoms with Gasteiger partial charge in [0.15, 0.2) is 0 Å². The molecule has 2 rings (SSSR count). The van der Waals surface area contributed by atoms with Gasteiger partial charge < -0.3 is 10.6 Å².